The summed E-state index contributed by atoms with van der Waals surface area (Å²) in [6, 6.07) is 2.24. The number of fused-ring (bicyclic) bond motifs is 2. The molecule has 1 aromatic heterocycles. The molecule has 1 N–H and O–H groups in total. The molecule has 4 aliphatic rings. The zero-order valence-corrected chi connectivity index (χ0v) is 27.1. The van der Waals surface area contributed by atoms with E-state index in [-0.39, 0.29) is 35.5 Å². The lowest BCUT2D eigenvalue weighted by Gasteiger charge is -2.39. The van der Waals surface area contributed by atoms with Crippen LogP contribution in [0, 0.1) is 0 Å². The van der Waals surface area contributed by atoms with Gasteiger partial charge in [0, 0.05) is 24.7 Å². The molecule has 45 heavy (non-hydrogen) atoms. The van der Waals surface area contributed by atoms with Gasteiger partial charge >= 0.3 is 12.1 Å². The molecule has 242 valence electrons. The standard InChI is InChI=1S/C35H46N4O6/c1-6-11-25-21-39-30(20-28-27(32(39)40)22-44-33(41)35(28,43)7-2)31(25)36-29(23(3)4)13-12-24(5)45-34(42)38-18-14-26(15-19-38)37-16-9-8-10-17-37/h11-13,20,26,43H,5-10,14-19,21-22H2,1-4H3/b13-12-,25-11+,36-31?. The highest BCUT2D eigenvalue weighted by Gasteiger charge is 2.45. The number of carbonyl (C=O) groups is 2. The second-order valence-corrected chi connectivity index (χ2v) is 12.6. The van der Waals surface area contributed by atoms with E-state index in [4.69, 9.17) is 14.5 Å². The summed E-state index contributed by atoms with van der Waals surface area (Å²) in [6.45, 7) is 15.3. The third kappa shape index (κ3) is 6.63. The molecule has 0 radical (unpaired) electrons. The molecule has 5 rings (SSSR count). The Morgan fingerprint density at radius 3 is 2.49 bits per heavy atom. The number of aromatic nitrogens is 1. The molecule has 0 aromatic carbocycles. The van der Waals surface area contributed by atoms with Crippen LogP contribution in [0.15, 0.2) is 63.3 Å². The molecule has 0 aliphatic carbocycles. The Bertz CT molecular complexity index is 1530. The summed E-state index contributed by atoms with van der Waals surface area (Å²) in [5.74, 6) is -0.542. The summed E-state index contributed by atoms with van der Waals surface area (Å²) in [6.07, 6.45) is 11.6. The van der Waals surface area contributed by atoms with Crippen LogP contribution in [0.1, 0.15) is 89.5 Å². The van der Waals surface area contributed by atoms with Crippen LogP contribution in [-0.4, -0.2) is 69.5 Å². The number of aliphatic imine (C=N–C) groups is 1. The summed E-state index contributed by atoms with van der Waals surface area (Å²) in [5, 5.41) is 11.2. The van der Waals surface area contributed by atoms with Crippen LogP contribution in [0.25, 0.3) is 0 Å². The van der Waals surface area contributed by atoms with Gasteiger partial charge in [0.25, 0.3) is 5.56 Å². The zero-order valence-electron chi connectivity index (χ0n) is 27.1. The van der Waals surface area contributed by atoms with Crippen molar-refractivity contribution in [3.05, 3.63) is 80.7 Å². The SMILES string of the molecule is C=C(/C=C\C(N=C1/C(=C/CC)Cn2c1cc1c(c2=O)COC(=O)C1(O)CC)=C(C)C)OC(=O)N1CCC(N2CCCCC2)CC1. The highest BCUT2D eigenvalue weighted by atomic mass is 16.6. The van der Waals surface area contributed by atoms with Gasteiger partial charge in [-0.2, -0.15) is 0 Å². The van der Waals surface area contributed by atoms with Crippen LogP contribution in [0.4, 0.5) is 4.79 Å². The van der Waals surface area contributed by atoms with E-state index in [1.165, 1.54) is 19.3 Å². The van der Waals surface area contributed by atoms with Gasteiger partial charge in [0.1, 0.15) is 12.4 Å². The minimum absolute atomic E-state index is 0.0745. The summed E-state index contributed by atoms with van der Waals surface area (Å²) in [7, 11) is 0. The van der Waals surface area contributed by atoms with Gasteiger partial charge in [-0.1, -0.05) is 38.5 Å². The molecule has 5 heterocycles. The van der Waals surface area contributed by atoms with Crippen molar-refractivity contribution in [2.24, 2.45) is 4.99 Å². The maximum Gasteiger partial charge on any atom is 0.415 e. The second-order valence-electron chi connectivity index (χ2n) is 12.6. The number of ether oxygens (including phenoxy) is 2. The van der Waals surface area contributed by atoms with Gasteiger partial charge in [0.2, 0.25) is 0 Å². The predicted octanol–water partition coefficient (Wildman–Crippen LogP) is 5.09. The Hall–Kier alpha value is -3.76. The first kappa shape index (κ1) is 32.6. The summed E-state index contributed by atoms with van der Waals surface area (Å²) >= 11 is 0. The molecule has 10 nitrogen and oxygen atoms in total. The molecule has 0 spiro atoms. The Morgan fingerprint density at radius 2 is 1.84 bits per heavy atom. The van der Waals surface area contributed by atoms with E-state index in [9.17, 15) is 19.5 Å². The third-order valence-electron chi connectivity index (χ3n) is 9.39. The van der Waals surface area contributed by atoms with E-state index >= 15 is 0 Å². The number of amides is 1. The van der Waals surface area contributed by atoms with E-state index in [2.05, 4.69) is 11.5 Å². The fraction of sp³-hybridized carbons (Fsp3) is 0.543. The summed E-state index contributed by atoms with van der Waals surface area (Å²) in [4.78, 5) is 48.3. The molecule has 10 heteroatoms. The van der Waals surface area contributed by atoms with Gasteiger partial charge in [-0.25, -0.2) is 14.6 Å². The van der Waals surface area contributed by atoms with Crippen LogP contribution >= 0.6 is 0 Å². The van der Waals surface area contributed by atoms with Crippen LogP contribution in [0.2, 0.25) is 0 Å². The molecule has 4 aliphatic heterocycles. The van der Waals surface area contributed by atoms with Crippen molar-refractivity contribution in [1.82, 2.24) is 14.4 Å². The average molecular weight is 619 g/mol. The molecular formula is C35H46N4O6. The quantitative estimate of drug-likeness (QED) is 0.257. The maximum atomic E-state index is 13.6. The first-order valence-corrected chi connectivity index (χ1v) is 16.3. The smallest absolute Gasteiger partial charge is 0.415 e. The lowest BCUT2D eigenvalue weighted by molar-refractivity contribution is -0.172. The van der Waals surface area contributed by atoms with E-state index in [1.807, 2.05) is 26.8 Å². The molecular weight excluding hydrogens is 572 g/mol. The largest absolute Gasteiger partial charge is 0.458 e. The van der Waals surface area contributed by atoms with Crippen molar-refractivity contribution >= 4 is 17.8 Å². The molecule has 2 saturated heterocycles. The molecule has 1 atom stereocenters. The number of pyridine rings is 1. The van der Waals surface area contributed by atoms with E-state index in [0.29, 0.717) is 42.8 Å². The van der Waals surface area contributed by atoms with E-state index in [0.717, 1.165) is 43.5 Å². The first-order valence-electron chi connectivity index (χ1n) is 16.3. The number of aliphatic hydroxyl groups is 1. The van der Waals surface area contributed by atoms with E-state index in [1.54, 1.807) is 34.6 Å². The van der Waals surface area contributed by atoms with Gasteiger partial charge in [-0.05, 0) is 89.3 Å². The molecule has 1 unspecified atom stereocenters. The van der Waals surface area contributed by atoms with Gasteiger partial charge in [-0.15, -0.1) is 0 Å². The molecule has 0 saturated carbocycles. The Morgan fingerprint density at radius 1 is 1.13 bits per heavy atom. The van der Waals surface area contributed by atoms with Gasteiger partial charge in [0.15, 0.2) is 5.60 Å². The zero-order chi connectivity index (χ0) is 32.3. The summed E-state index contributed by atoms with van der Waals surface area (Å²) < 4.78 is 12.4. The van der Waals surface area contributed by atoms with Crippen molar-refractivity contribution < 1.29 is 24.2 Å². The summed E-state index contributed by atoms with van der Waals surface area (Å²) in [5.41, 5.74) is 1.89. The first-order chi connectivity index (χ1) is 21.6. The normalized spacial score (nSPS) is 24.1. The average Bonchev–Trinajstić information content (AvgIpc) is 3.38. The van der Waals surface area contributed by atoms with Crippen molar-refractivity contribution in [1.29, 1.82) is 0 Å². The highest BCUT2D eigenvalue weighted by Crippen LogP contribution is 2.35. The number of likely N-dealkylation sites (tertiary alicyclic amines) is 2. The number of esters is 1. The minimum Gasteiger partial charge on any atom is -0.458 e. The number of hydrogen-bond acceptors (Lipinski definition) is 8. The maximum absolute atomic E-state index is 13.6. The lowest BCUT2D eigenvalue weighted by atomic mass is 9.86. The van der Waals surface area contributed by atoms with Crippen LogP contribution in [0.3, 0.4) is 0 Å². The number of nitrogens with zero attached hydrogens (tertiary/aromatic N) is 4. The fourth-order valence-corrected chi connectivity index (χ4v) is 6.72. The number of piperidine rings is 2. The predicted molar refractivity (Wildman–Crippen MR) is 173 cm³/mol. The molecule has 0 bridgehead atoms. The third-order valence-corrected chi connectivity index (χ3v) is 9.39. The van der Waals surface area contributed by atoms with Crippen molar-refractivity contribution in [3.63, 3.8) is 0 Å². The van der Waals surface area contributed by atoms with Crippen molar-refractivity contribution in [2.75, 3.05) is 26.2 Å². The Balaban J connectivity index is 1.34. The van der Waals surface area contributed by atoms with Gasteiger partial charge < -0.3 is 28.9 Å². The highest BCUT2D eigenvalue weighted by molar-refractivity contribution is 6.14. The second kappa shape index (κ2) is 13.7. The number of cyclic esters (lactones) is 1. The number of allylic oxidation sites excluding steroid dienone is 5. The van der Waals surface area contributed by atoms with Gasteiger partial charge in [-0.3, -0.25) is 4.79 Å². The lowest BCUT2D eigenvalue weighted by Crippen LogP contribution is -2.48. The van der Waals surface area contributed by atoms with E-state index < -0.39 is 17.7 Å². The monoisotopic (exact) mass is 618 g/mol. The number of hydrogen-bond donors (Lipinski definition) is 1. The number of carbonyl (C=O) groups excluding carboxylic acids is 2. The van der Waals surface area contributed by atoms with Gasteiger partial charge in [0.05, 0.1) is 29.2 Å². The molecule has 1 amide bonds. The van der Waals surface area contributed by atoms with Crippen molar-refractivity contribution in [3.8, 4) is 0 Å². The van der Waals surface area contributed by atoms with Crippen LogP contribution < -0.4 is 5.56 Å². The fourth-order valence-electron chi connectivity index (χ4n) is 6.72. The number of rotatable bonds is 7. The Labute approximate surface area is 265 Å². The van der Waals surface area contributed by atoms with Crippen LogP contribution in [0.5, 0.6) is 0 Å². The van der Waals surface area contributed by atoms with Crippen LogP contribution in [-0.2, 0) is 33.0 Å². The molecule has 1 aromatic rings. The molecule has 2 fully saturated rings. The minimum atomic E-state index is -1.89. The topological polar surface area (TPSA) is 114 Å². The Kier molecular flexibility index (Phi) is 9.94. The van der Waals surface area contributed by atoms with Crippen molar-refractivity contribution in [2.45, 2.75) is 97.4 Å².